The zero-order valence-corrected chi connectivity index (χ0v) is 17.9. The number of methoxy groups -OCH3 is 1. The Bertz CT molecular complexity index is 1140. The number of sulfonamides is 1. The van der Waals surface area contributed by atoms with Gasteiger partial charge in [0, 0.05) is 24.8 Å². The molecule has 0 atom stereocenters. The van der Waals surface area contributed by atoms with Crippen molar-refractivity contribution >= 4 is 21.6 Å². The van der Waals surface area contributed by atoms with Crippen LogP contribution in [0.4, 0.5) is 5.69 Å². The summed E-state index contributed by atoms with van der Waals surface area (Å²) in [6, 6.07) is 20.4. The van der Waals surface area contributed by atoms with Gasteiger partial charge in [-0.25, -0.2) is 8.42 Å². The van der Waals surface area contributed by atoms with Crippen molar-refractivity contribution in [1.82, 2.24) is 4.90 Å². The third kappa shape index (κ3) is 4.99. The monoisotopic (exact) mass is 424 g/mol. The van der Waals surface area contributed by atoms with Crippen molar-refractivity contribution in [2.45, 2.75) is 18.4 Å². The van der Waals surface area contributed by atoms with Gasteiger partial charge in [0.05, 0.1) is 12.0 Å². The first-order valence-corrected chi connectivity index (χ1v) is 10.9. The molecule has 0 aromatic heterocycles. The SMILES string of the molecule is COc1ccc(NS(=O)(=O)c2cccc(C(=O)N(C)Cc3ccccc3C)c2)cc1. The molecule has 0 heterocycles. The molecular formula is C23H24N2O4S. The van der Waals surface area contributed by atoms with Crippen molar-refractivity contribution < 1.29 is 17.9 Å². The summed E-state index contributed by atoms with van der Waals surface area (Å²) in [5, 5.41) is 0. The molecule has 3 aromatic rings. The zero-order valence-electron chi connectivity index (χ0n) is 17.1. The normalized spacial score (nSPS) is 11.0. The molecule has 0 aliphatic carbocycles. The van der Waals surface area contributed by atoms with E-state index in [1.165, 1.54) is 19.2 Å². The number of carbonyl (C=O) groups is 1. The Hall–Kier alpha value is -3.32. The summed E-state index contributed by atoms with van der Waals surface area (Å²) in [4.78, 5) is 14.5. The largest absolute Gasteiger partial charge is 0.497 e. The number of hydrogen-bond donors (Lipinski definition) is 1. The standard InChI is InChI=1S/C23H24N2O4S/c1-17-7-4-5-8-19(17)16-25(2)23(26)18-9-6-10-22(15-18)30(27,28)24-20-11-13-21(29-3)14-12-20/h4-15,24H,16H2,1-3H3. The predicted molar refractivity (Wildman–Crippen MR) is 117 cm³/mol. The molecular weight excluding hydrogens is 400 g/mol. The van der Waals surface area contributed by atoms with Crippen LogP contribution in [0.5, 0.6) is 5.75 Å². The van der Waals surface area contributed by atoms with Gasteiger partial charge in [-0.05, 0) is 60.5 Å². The van der Waals surface area contributed by atoms with E-state index >= 15 is 0 Å². The second-order valence-electron chi connectivity index (χ2n) is 6.95. The summed E-state index contributed by atoms with van der Waals surface area (Å²) in [6.07, 6.45) is 0. The fourth-order valence-corrected chi connectivity index (χ4v) is 4.11. The van der Waals surface area contributed by atoms with Gasteiger partial charge in [-0.1, -0.05) is 30.3 Å². The second-order valence-corrected chi connectivity index (χ2v) is 8.63. The van der Waals surface area contributed by atoms with E-state index < -0.39 is 10.0 Å². The highest BCUT2D eigenvalue weighted by molar-refractivity contribution is 7.92. The van der Waals surface area contributed by atoms with Crippen LogP contribution in [0.2, 0.25) is 0 Å². The molecule has 0 aliphatic rings. The molecule has 0 fully saturated rings. The number of amides is 1. The Labute approximate surface area is 177 Å². The maximum atomic E-state index is 12.9. The van der Waals surface area contributed by atoms with Crippen LogP contribution in [0.15, 0.2) is 77.7 Å². The first-order chi connectivity index (χ1) is 14.3. The zero-order chi connectivity index (χ0) is 21.7. The molecule has 3 rings (SSSR count). The summed E-state index contributed by atoms with van der Waals surface area (Å²) < 4.78 is 33.1. The lowest BCUT2D eigenvalue weighted by atomic mass is 10.1. The number of aryl methyl sites for hydroxylation is 1. The maximum Gasteiger partial charge on any atom is 0.261 e. The van der Waals surface area contributed by atoms with Crippen molar-refractivity contribution in [2.24, 2.45) is 0 Å². The number of rotatable bonds is 7. The third-order valence-electron chi connectivity index (χ3n) is 4.75. The summed E-state index contributed by atoms with van der Waals surface area (Å²) in [5.41, 5.74) is 2.85. The van der Waals surface area contributed by atoms with Gasteiger partial charge in [0.15, 0.2) is 0 Å². The van der Waals surface area contributed by atoms with Crippen molar-refractivity contribution in [3.63, 3.8) is 0 Å². The van der Waals surface area contributed by atoms with Crippen LogP contribution < -0.4 is 9.46 Å². The summed E-state index contributed by atoms with van der Waals surface area (Å²) in [6.45, 7) is 2.43. The van der Waals surface area contributed by atoms with E-state index in [1.807, 2.05) is 31.2 Å². The van der Waals surface area contributed by atoms with Gasteiger partial charge < -0.3 is 9.64 Å². The van der Waals surface area contributed by atoms with Crippen LogP contribution in [-0.4, -0.2) is 33.4 Å². The number of ether oxygens (including phenoxy) is 1. The highest BCUT2D eigenvalue weighted by atomic mass is 32.2. The van der Waals surface area contributed by atoms with Crippen molar-refractivity contribution in [3.05, 3.63) is 89.5 Å². The van der Waals surface area contributed by atoms with Crippen LogP contribution in [0.3, 0.4) is 0 Å². The average Bonchev–Trinajstić information content (AvgIpc) is 2.75. The van der Waals surface area contributed by atoms with Crippen LogP contribution in [-0.2, 0) is 16.6 Å². The molecule has 6 nitrogen and oxygen atoms in total. The molecule has 0 saturated carbocycles. The molecule has 0 radical (unpaired) electrons. The Morgan fingerprint density at radius 2 is 1.70 bits per heavy atom. The van der Waals surface area contributed by atoms with Gasteiger partial charge >= 0.3 is 0 Å². The third-order valence-corrected chi connectivity index (χ3v) is 6.13. The number of nitrogens with one attached hydrogen (secondary N) is 1. The van der Waals surface area contributed by atoms with Crippen molar-refractivity contribution in [3.8, 4) is 5.75 Å². The highest BCUT2D eigenvalue weighted by Gasteiger charge is 2.19. The number of anilines is 1. The van der Waals surface area contributed by atoms with Crippen LogP contribution in [0.1, 0.15) is 21.5 Å². The molecule has 3 aromatic carbocycles. The van der Waals surface area contributed by atoms with E-state index in [0.717, 1.165) is 11.1 Å². The fourth-order valence-electron chi connectivity index (χ4n) is 3.00. The quantitative estimate of drug-likeness (QED) is 0.620. The highest BCUT2D eigenvalue weighted by Crippen LogP contribution is 2.21. The van der Waals surface area contributed by atoms with E-state index in [9.17, 15) is 13.2 Å². The van der Waals surface area contributed by atoms with Crippen LogP contribution in [0.25, 0.3) is 0 Å². The smallest absolute Gasteiger partial charge is 0.261 e. The van der Waals surface area contributed by atoms with E-state index in [4.69, 9.17) is 4.74 Å². The van der Waals surface area contributed by atoms with Crippen molar-refractivity contribution in [2.75, 3.05) is 18.9 Å². The molecule has 0 unspecified atom stereocenters. The minimum atomic E-state index is -3.84. The second kappa shape index (κ2) is 9.00. The van der Waals surface area contributed by atoms with E-state index in [2.05, 4.69) is 4.72 Å². The Kier molecular flexibility index (Phi) is 6.42. The molecule has 156 valence electrons. The van der Waals surface area contributed by atoms with E-state index in [1.54, 1.807) is 48.3 Å². The van der Waals surface area contributed by atoms with Gasteiger partial charge in [0.25, 0.3) is 15.9 Å². The molecule has 1 N–H and O–H groups in total. The maximum absolute atomic E-state index is 12.9. The van der Waals surface area contributed by atoms with Gasteiger partial charge in [-0.3, -0.25) is 9.52 Å². The van der Waals surface area contributed by atoms with Gasteiger partial charge in [0.1, 0.15) is 5.75 Å². The first kappa shape index (κ1) is 21.4. The molecule has 7 heteroatoms. The number of nitrogens with zero attached hydrogens (tertiary/aromatic N) is 1. The number of hydrogen-bond acceptors (Lipinski definition) is 4. The predicted octanol–water partition coefficient (Wildman–Crippen LogP) is 4.08. The van der Waals surface area contributed by atoms with Gasteiger partial charge in [-0.2, -0.15) is 0 Å². The van der Waals surface area contributed by atoms with Gasteiger partial charge in [-0.15, -0.1) is 0 Å². The average molecular weight is 425 g/mol. The molecule has 0 spiro atoms. The topological polar surface area (TPSA) is 75.7 Å². The molecule has 0 saturated heterocycles. The van der Waals surface area contributed by atoms with E-state index in [0.29, 0.717) is 23.5 Å². The molecule has 1 amide bonds. The van der Waals surface area contributed by atoms with Gasteiger partial charge in [0.2, 0.25) is 0 Å². The van der Waals surface area contributed by atoms with Crippen LogP contribution >= 0.6 is 0 Å². The summed E-state index contributed by atoms with van der Waals surface area (Å²) >= 11 is 0. The lowest BCUT2D eigenvalue weighted by molar-refractivity contribution is 0.0784. The first-order valence-electron chi connectivity index (χ1n) is 9.37. The Morgan fingerprint density at radius 1 is 1.00 bits per heavy atom. The molecule has 30 heavy (non-hydrogen) atoms. The molecule has 0 bridgehead atoms. The minimum Gasteiger partial charge on any atom is -0.497 e. The van der Waals surface area contributed by atoms with E-state index in [-0.39, 0.29) is 10.8 Å². The summed E-state index contributed by atoms with van der Waals surface area (Å²) in [7, 11) is -0.602. The lowest BCUT2D eigenvalue weighted by Gasteiger charge is -2.19. The minimum absolute atomic E-state index is 0.0217. The van der Waals surface area contributed by atoms with Crippen LogP contribution in [0, 0.1) is 6.92 Å². The number of carbonyl (C=O) groups excluding carboxylic acids is 1. The number of benzene rings is 3. The Morgan fingerprint density at radius 3 is 2.37 bits per heavy atom. The fraction of sp³-hybridized carbons (Fsp3) is 0.174. The van der Waals surface area contributed by atoms with Crippen molar-refractivity contribution in [1.29, 1.82) is 0 Å². The lowest BCUT2D eigenvalue weighted by Crippen LogP contribution is -2.26. The Balaban J connectivity index is 1.78. The summed E-state index contributed by atoms with van der Waals surface area (Å²) in [5.74, 6) is 0.377. The molecule has 0 aliphatic heterocycles.